The van der Waals surface area contributed by atoms with Gasteiger partial charge in [-0.1, -0.05) is 109 Å². The fourth-order valence-corrected chi connectivity index (χ4v) is 9.69. The molecular formula is C63H62Br6FN8NaO10. The summed E-state index contributed by atoms with van der Waals surface area (Å²) in [5.41, 5.74) is 14.8. The van der Waals surface area contributed by atoms with Crippen LogP contribution in [0.4, 0.5) is 10.2 Å². The number of aliphatic hydroxyl groups is 1. The second-order valence-electron chi connectivity index (χ2n) is 17.3. The Kier molecular flexibility index (Phi) is 36.9. The molecule has 464 valence electrons. The summed E-state index contributed by atoms with van der Waals surface area (Å²) in [5, 5.41) is 44.9. The fraction of sp³-hybridized carbons (Fsp3) is 0.190. The minimum Gasteiger partial charge on any atom is -0.857 e. The van der Waals surface area contributed by atoms with Crippen molar-refractivity contribution in [3.8, 4) is 63.1 Å². The van der Waals surface area contributed by atoms with Crippen molar-refractivity contribution in [1.29, 1.82) is 10.5 Å². The van der Waals surface area contributed by atoms with Crippen LogP contribution < -0.4 is 69.6 Å². The van der Waals surface area contributed by atoms with Gasteiger partial charge in [0.15, 0.2) is 24.0 Å². The van der Waals surface area contributed by atoms with E-state index in [1.807, 2.05) is 81.4 Å². The van der Waals surface area contributed by atoms with E-state index >= 15 is 0 Å². The summed E-state index contributed by atoms with van der Waals surface area (Å²) in [6, 6.07) is 37.6. The quantitative estimate of drug-likeness (QED) is 0.0405. The summed E-state index contributed by atoms with van der Waals surface area (Å²) >= 11 is 19.8. The molecule has 0 saturated heterocycles. The van der Waals surface area contributed by atoms with Gasteiger partial charge in [0.25, 0.3) is 5.56 Å². The number of aryl methyl sites for hydroxylation is 3. The predicted octanol–water partition coefficient (Wildman–Crippen LogP) is 12.9. The number of methoxy groups -OCH3 is 5. The number of allylic oxidation sites excluding steroid dienone is 2. The van der Waals surface area contributed by atoms with E-state index in [4.69, 9.17) is 45.0 Å². The van der Waals surface area contributed by atoms with E-state index in [1.54, 1.807) is 63.8 Å². The molecule has 0 spiro atoms. The molecule has 3 aromatic heterocycles. The molecule has 0 saturated carbocycles. The van der Waals surface area contributed by atoms with Gasteiger partial charge < -0.3 is 39.6 Å². The number of nitrogens with two attached hydrogens (primary N) is 1. The Balaban J connectivity index is 0.000000538. The molecule has 0 atom stereocenters. The fourth-order valence-electron chi connectivity index (χ4n) is 7.65. The van der Waals surface area contributed by atoms with Gasteiger partial charge in [-0.05, 0) is 131 Å². The number of nitrogens with one attached hydrogen (secondary N) is 2. The van der Waals surface area contributed by atoms with E-state index in [-0.39, 0.29) is 59.4 Å². The Labute approximate surface area is 588 Å². The number of carbonyl (C=O) groups is 2. The molecule has 18 nitrogen and oxygen atoms in total. The van der Waals surface area contributed by atoms with Gasteiger partial charge in [0.2, 0.25) is 0 Å². The van der Waals surface area contributed by atoms with E-state index in [1.165, 1.54) is 43.9 Å². The largest absolute Gasteiger partial charge is 1.00 e. The van der Waals surface area contributed by atoms with Crippen LogP contribution in [0.25, 0.3) is 33.5 Å². The third kappa shape index (κ3) is 23.6. The number of fused-ring (bicyclic) bond motifs is 1. The SMILES string of the molecule is C.COc1cc(Br)ccc1-c1c(C)[nH]n2c(=O)cc(C)nc12.COc1cc(Br)ccc1-c1c(N)n[nH]c1C.COc1cc(Br)ccc1/C(C#N)=C(\C)O.COc1cc(Br)ccc1C=O.COc1cc(Br)ccc1CC#N.C[O-].O=Cc1ccc(Br)cc1F.[Na+]. The van der Waals surface area contributed by atoms with Crippen LogP contribution in [0.3, 0.4) is 0 Å². The summed E-state index contributed by atoms with van der Waals surface area (Å²) in [5.74, 6) is 3.37. The number of aromatic amines is 2. The molecule has 6 aromatic carbocycles. The first kappa shape index (κ1) is 80.4. The number of H-pyrrole nitrogens is 2. The number of aliphatic hydroxyl groups excluding tert-OH is 1. The Morgan fingerprint density at radius 1 is 0.652 bits per heavy atom. The van der Waals surface area contributed by atoms with Crippen molar-refractivity contribution in [2.24, 2.45) is 0 Å². The summed E-state index contributed by atoms with van der Waals surface area (Å²) in [6.45, 7) is 7.13. The van der Waals surface area contributed by atoms with Crippen LogP contribution in [0.5, 0.6) is 28.7 Å². The smallest absolute Gasteiger partial charge is 0.857 e. The minimum atomic E-state index is -0.496. The van der Waals surface area contributed by atoms with Crippen molar-refractivity contribution in [2.75, 3.05) is 48.4 Å². The number of nitrogens with zero attached hydrogens (tertiary/aromatic N) is 5. The predicted molar refractivity (Wildman–Crippen MR) is 362 cm³/mol. The van der Waals surface area contributed by atoms with E-state index < -0.39 is 5.82 Å². The first-order valence-electron chi connectivity index (χ1n) is 25.0. The maximum atomic E-state index is 12.6. The van der Waals surface area contributed by atoms with Gasteiger partial charge in [-0.15, -0.1) is 0 Å². The second-order valence-corrected chi connectivity index (χ2v) is 22.8. The maximum absolute atomic E-state index is 12.6. The van der Waals surface area contributed by atoms with Gasteiger partial charge in [-0.3, -0.25) is 24.6 Å². The third-order valence-electron chi connectivity index (χ3n) is 11.6. The minimum absolute atomic E-state index is 0. The summed E-state index contributed by atoms with van der Waals surface area (Å²) < 4.78 is 45.3. The number of carbonyl (C=O) groups excluding carboxylic acids is 2. The molecule has 0 fully saturated rings. The zero-order valence-electron chi connectivity index (χ0n) is 49.4. The van der Waals surface area contributed by atoms with Crippen LogP contribution in [0.2, 0.25) is 0 Å². The van der Waals surface area contributed by atoms with E-state index in [2.05, 4.69) is 122 Å². The molecule has 3 heterocycles. The van der Waals surface area contributed by atoms with Crippen molar-refractivity contribution in [2.45, 2.75) is 41.5 Å². The van der Waals surface area contributed by atoms with Crippen molar-refractivity contribution in [3.05, 3.63) is 203 Å². The molecule has 0 aliphatic heterocycles. The number of nitrogen functional groups attached to an aromatic ring is 1. The van der Waals surface area contributed by atoms with Crippen LogP contribution in [-0.4, -0.2) is 85.1 Å². The summed E-state index contributed by atoms with van der Waals surface area (Å²) in [6.07, 6.45) is 1.64. The van der Waals surface area contributed by atoms with Gasteiger partial charge in [-0.2, -0.15) is 22.7 Å². The standard InChI is InChI=1S/C15H14BrN3O2.C11H12BrN3O.C11H10BrNO2.C9H8BrNO.C8H7BrO2.C7H4BrFO.CH3O.CH4.Na/c1-8-6-13(20)19-15(17-8)14(9(2)18-19)11-5-4-10(16)7-12(11)21-3;1-6-10(11(13)15-14-6)8-4-3-7(12)5-9(8)16-2;1-7(14)10(6-13)9-4-3-8(12)5-11(9)15-2;1-12-9-6-8(10)3-2-7(9)4-5-11;1-11-8-4-7(9)3-2-6(8)5-10;8-6-2-1-5(4-10)7(9)3-6;1-2;;/h4-7,18H,1-3H3;3-5H,1-2H3,(H3,13,14,15);3-5,14H,1-2H3;2-3,6H,4H2,1H3;2-5H,1H3;1-4H;1H3;1H4;/q;;;;;;-1;;+1/b;;10-7+;;;;;;. The topological polar surface area (TPSA) is 276 Å². The number of hydrogen-bond donors (Lipinski definition) is 4. The first-order valence-corrected chi connectivity index (χ1v) is 29.8. The molecule has 89 heavy (non-hydrogen) atoms. The van der Waals surface area contributed by atoms with Crippen molar-refractivity contribution in [3.63, 3.8) is 0 Å². The van der Waals surface area contributed by atoms with Crippen LogP contribution in [0.15, 0.2) is 153 Å². The Bertz CT molecular complexity index is 3980. The van der Waals surface area contributed by atoms with E-state index in [0.29, 0.717) is 57.0 Å². The molecule has 0 amide bonds. The number of anilines is 1. The summed E-state index contributed by atoms with van der Waals surface area (Å²) in [4.78, 5) is 37.0. The number of halogens is 7. The number of aromatic nitrogens is 5. The normalized spacial score (nSPS) is 9.93. The van der Waals surface area contributed by atoms with Crippen molar-refractivity contribution < 1.29 is 77.4 Å². The van der Waals surface area contributed by atoms with Crippen molar-refractivity contribution in [1.82, 2.24) is 24.8 Å². The van der Waals surface area contributed by atoms with Crippen molar-refractivity contribution >= 4 is 125 Å². The molecule has 0 aliphatic rings. The number of aldehydes is 2. The summed E-state index contributed by atoms with van der Waals surface area (Å²) in [7, 11) is 8.67. The molecule has 0 unspecified atom stereocenters. The number of rotatable bonds is 11. The Morgan fingerprint density at radius 2 is 1.09 bits per heavy atom. The molecule has 0 bridgehead atoms. The molecular weight excluding hydrogens is 1550 g/mol. The molecule has 0 radical (unpaired) electrons. The second kappa shape index (κ2) is 40.9. The Morgan fingerprint density at radius 3 is 1.54 bits per heavy atom. The van der Waals surface area contributed by atoms with Gasteiger partial charge in [-0.25, -0.2) is 13.9 Å². The maximum Gasteiger partial charge on any atom is 1.00 e. The number of benzene rings is 6. The van der Waals surface area contributed by atoms with Crippen LogP contribution >= 0.6 is 95.6 Å². The van der Waals surface area contributed by atoms with Gasteiger partial charge in [0, 0.05) is 77.8 Å². The Hall–Kier alpha value is -6.62. The molecule has 0 aliphatic carbocycles. The zero-order valence-corrected chi connectivity index (χ0v) is 60.9. The zero-order chi connectivity index (χ0) is 65.1. The van der Waals surface area contributed by atoms with Gasteiger partial charge in [0.05, 0.1) is 64.7 Å². The van der Waals surface area contributed by atoms with E-state index in [9.17, 15) is 23.9 Å². The average molecular weight is 1610 g/mol. The number of nitriles is 2. The van der Waals surface area contributed by atoms with Crippen LogP contribution in [0.1, 0.15) is 63.3 Å². The molecule has 5 N–H and O–H groups in total. The van der Waals surface area contributed by atoms with Gasteiger partial charge in [0.1, 0.15) is 52.0 Å². The van der Waals surface area contributed by atoms with Crippen LogP contribution in [-0.2, 0) is 6.42 Å². The monoisotopic (exact) mass is 1610 g/mol. The van der Waals surface area contributed by atoms with E-state index in [0.717, 1.165) is 92.2 Å². The average Bonchev–Trinajstić information content (AvgIpc) is 1.67. The molecule has 9 aromatic rings. The van der Waals surface area contributed by atoms with Crippen LogP contribution in [0, 0.1) is 49.3 Å². The number of hydrogen-bond acceptors (Lipinski definition) is 15. The third-order valence-corrected chi connectivity index (χ3v) is 14.6. The first-order chi connectivity index (χ1) is 41.5. The molecule has 9 rings (SSSR count). The number of ether oxygens (including phenoxy) is 5. The molecule has 26 heteroatoms. The van der Waals surface area contributed by atoms with Gasteiger partial charge >= 0.3 is 29.6 Å².